The van der Waals surface area contributed by atoms with Gasteiger partial charge in [0.25, 0.3) is 0 Å². The number of likely N-dealkylation sites (N-methyl/N-ethyl adjacent to an activating group) is 1. The highest BCUT2D eigenvalue weighted by molar-refractivity contribution is 5.78. The minimum Gasteiger partial charge on any atom is -0.348 e. The lowest BCUT2D eigenvalue weighted by Gasteiger charge is -2.40. The Labute approximate surface area is 109 Å². The molecule has 1 unspecified atom stereocenters. The molecule has 0 fully saturated rings. The fourth-order valence-corrected chi connectivity index (χ4v) is 2.71. The quantitative estimate of drug-likeness (QED) is 0.857. The number of hydrogen-bond donors (Lipinski definition) is 2. The van der Waals surface area contributed by atoms with E-state index in [9.17, 15) is 4.79 Å². The third kappa shape index (κ3) is 2.56. The summed E-state index contributed by atoms with van der Waals surface area (Å²) in [6.45, 7) is 4.83. The summed E-state index contributed by atoms with van der Waals surface area (Å²) < 4.78 is 0. The van der Waals surface area contributed by atoms with E-state index >= 15 is 0 Å². The molecule has 1 aromatic rings. The number of benzene rings is 1. The van der Waals surface area contributed by atoms with Gasteiger partial charge in [-0.2, -0.15) is 0 Å². The van der Waals surface area contributed by atoms with Gasteiger partial charge in [-0.25, -0.2) is 0 Å². The van der Waals surface area contributed by atoms with Crippen molar-refractivity contribution in [2.24, 2.45) is 5.41 Å². The fourth-order valence-electron chi connectivity index (χ4n) is 2.71. The number of aryl methyl sites for hydroxylation is 1. The monoisotopic (exact) mass is 246 g/mol. The maximum atomic E-state index is 11.8. The largest absolute Gasteiger partial charge is 0.348 e. The van der Waals surface area contributed by atoms with Crippen molar-refractivity contribution in [2.45, 2.75) is 32.7 Å². The molecule has 1 aliphatic carbocycles. The number of amides is 1. The Kier molecular flexibility index (Phi) is 3.71. The van der Waals surface area contributed by atoms with E-state index in [1.54, 1.807) is 7.05 Å². The zero-order valence-electron chi connectivity index (χ0n) is 11.4. The molecular formula is C15H22N2O. The first kappa shape index (κ1) is 13.1. The summed E-state index contributed by atoms with van der Waals surface area (Å²) in [6, 6.07) is 8.55. The van der Waals surface area contributed by atoms with E-state index in [1.807, 2.05) is 0 Å². The van der Waals surface area contributed by atoms with Crippen LogP contribution in [0.25, 0.3) is 0 Å². The number of fused-ring (bicyclic) bond motifs is 1. The van der Waals surface area contributed by atoms with Crippen LogP contribution in [-0.2, 0) is 11.2 Å². The van der Waals surface area contributed by atoms with E-state index in [0.717, 1.165) is 12.8 Å². The molecule has 2 N–H and O–H groups in total. The predicted octanol–water partition coefficient (Wildman–Crippen LogP) is 2.04. The van der Waals surface area contributed by atoms with Crippen LogP contribution in [0.2, 0.25) is 0 Å². The predicted molar refractivity (Wildman–Crippen MR) is 73.4 cm³/mol. The van der Waals surface area contributed by atoms with E-state index in [2.05, 4.69) is 48.7 Å². The summed E-state index contributed by atoms with van der Waals surface area (Å²) in [5, 5.41) is 6.06. The van der Waals surface area contributed by atoms with Gasteiger partial charge < -0.3 is 10.6 Å². The Bertz CT molecular complexity index is 440. The molecule has 18 heavy (non-hydrogen) atoms. The van der Waals surface area contributed by atoms with Crippen molar-refractivity contribution in [1.82, 2.24) is 10.6 Å². The molecule has 0 radical (unpaired) electrons. The molecule has 1 amide bonds. The molecule has 0 saturated carbocycles. The van der Waals surface area contributed by atoms with Gasteiger partial charge in [-0.05, 0) is 36.4 Å². The summed E-state index contributed by atoms with van der Waals surface area (Å²) in [5.41, 5.74) is 2.75. The first-order chi connectivity index (χ1) is 8.54. The lowest BCUT2D eigenvalue weighted by Crippen LogP contribution is -2.43. The topological polar surface area (TPSA) is 41.1 Å². The molecule has 98 valence electrons. The average molecular weight is 246 g/mol. The third-order valence-electron chi connectivity index (χ3n) is 3.83. The van der Waals surface area contributed by atoms with E-state index in [4.69, 9.17) is 0 Å². The molecule has 1 aromatic carbocycles. The van der Waals surface area contributed by atoms with E-state index in [0.29, 0.717) is 6.54 Å². The number of rotatable bonds is 3. The maximum absolute atomic E-state index is 11.8. The number of hydrogen-bond acceptors (Lipinski definition) is 2. The standard InChI is InChI=1S/C15H22N2O/c1-15(2)9-8-11-6-4-5-7-12(11)14(15)17-13(18)10-16-3/h4-7,14,16H,8-10H2,1-3H3,(H,17,18). The molecule has 0 aliphatic heterocycles. The van der Waals surface area contributed by atoms with Crippen molar-refractivity contribution in [3.05, 3.63) is 35.4 Å². The summed E-state index contributed by atoms with van der Waals surface area (Å²) in [6.07, 6.45) is 2.20. The van der Waals surface area contributed by atoms with Crippen LogP contribution in [0.5, 0.6) is 0 Å². The van der Waals surface area contributed by atoms with Gasteiger partial charge >= 0.3 is 0 Å². The van der Waals surface area contributed by atoms with Crippen molar-refractivity contribution in [3.63, 3.8) is 0 Å². The first-order valence-electron chi connectivity index (χ1n) is 6.56. The van der Waals surface area contributed by atoms with Gasteiger partial charge in [-0.3, -0.25) is 4.79 Å². The Hall–Kier alpha value is -1.35. The number of nitrogens with one attached hydrogen (secondary N) is 2. The second kappa shape index (κ2) is 5.11. The van der Waals surface area contributed by atoms with Crippen LogP contribution < -0.4 is 10.6 Å². The molecule has 0 bridgehead atoms. The summed E-state index contributed by atoms with van der Waals surface area (Å²) in [4.78, 5) is 11.8. The highest BCUT2D eigenvalue weighted by atomic mass is 16.2. The maximum Gasteiger partial charge on any atom is 0.234 e. The Morgan fingerprint density at radius 3 is 2.83 bits per heavy atom. The van der Waals surface area contributed by atoms with Crippen molar-refractivity contribution in [3.8, 4) is 0 Å². The van der Waals surface area contributed by atoms with Gasteiger partial charge in [-0.1, -0.05) is 38.1 Å². The molecule has 1 aliphatic rings. The second-order valence-corrected chi connectivity index (χ2v) is 5.72. The van der Waals surface area contributed by atoms with Crippen LogP contribution in [0, 0.1) is 5.41 Å². The molecule has 1 atom stereocenters. The SMILES string of the molecule is CNCC(=O)NC1c2ccccc2CCC1(C)C. The van der Waals surface area contributed by atoms with Gasteiger partial charge in [0.1, 0.15) is 0 Å². The average Bonchev–Trinajstić information content (AvgIpc) is 2.33. The Morgan fingerprint density at radius 2 is 2.11 bits per heavy atom. The summed E-state index contributed by atoms with van der Waals surface area (Å²) >= 11 is 0. The normalized spacial score (nSPS) is 21.2. The van der Waals surface area contributed by atoms with Crippen LogP contribution in [0.1, 0.15) is 37.4 Å². The van der Waals surface area contributed by atoms with Crippen LogP contribution in [0.3, 0.4) is 0 Å². The third-order valence-corrected chi connectivity index (χ3v) is 3.83. The van der Waals surface area contributed by atoms with Gasteiger partial charge in [0.15, 0.2) is 0 Å². The summed E-state index contributed by atoms with van der Waals surface area (Å²) in [7, 11) is 1.79. The number of carbonyl (C=O) groups excluding carboxylic acids is 1. The first-order valence-corrected chi connectivity index (χ1v) is 6.56. The second-order valence-electron chi connectivity index (χ2n) is 5.72. The smallest absolute Gasteiger partial charge is 0.234 e. The van der Waals surface area contributed by atoms with Crippen LogP contribution in [0.4, 0.5) is 0 Å². The zero-order chi connectivity index (χ0) is 13.2. The van der Waals surface area contributed by atoms with Crippen LogP contribution in [-0.4, -0.2) is 19.5 Å². The Morgan fingerprint density at radius 1 is 1.39 bits per heavy atom. The van der Waals surface area contributed by atoms with Gasteiger partial charge in [0.2, 0.25) is 5.91 Å². The minimum atomic E-state index is 0.0623. The van der Waals surface area contributed by atoms with Crippen molar-refractivity contribution in [2.75, 3.05) is 13.6 Å². The lowest BCUT2D eigenvalue weighted by molar-refractivity contribution is -0.121. The van der Waals surface area contributed by atoms with Crippen molar-refractivity contribution in [1.29, 1.82) is 0 Å². The molecule has 3 heteroatoms. The molecule has 0 spiro atoms. The highest BCUT2D eigenvalue weighted by Gasteiger charge is 2.36. The summed E-state index contributed by atoms with van der Waals surface area (Å²) in [5.74, 6) is 0.0623. The van der Waals surface area contributed by atoms with Gasteiger partial charge in [0.05, 0.1) is 12.6 Å². The lowest BCUT2D eigenvalue weighted by atomic mass is 9.70. The van der Waals surface area contributed by atoms with Gasteiger partial charge in [0, 0.05) is 0 Å². The number of carbonyl (C=O) groups is 1. The molecule has 0 saturated heterocycles. The molecular weight excluding hydrogens is 224 g/mol. The zero-order valence-corrected chi connectivity index (χ0v) is 11.4. The molecule has 0 heterocycles. The molecule has 0 aromatic heterocycles. The van der Waals surface area contributed by atoms with E-state index in [-0.39, 0.29) is 17.4 Å². The molecule has 2 rings (SSSR count). The molecule has 3 nitrogen and oxygen atoms in total. The van der Waals surface area contributed by atoms with Gasteiger partial charge in [-0.15, -0.1) is 0 Å². The minimum absolute atomic E-state index is 0.0623. The van der Waals surface area contributed by atoms with Crippen LogP contribution in [0.15, 0.2) is 24.3 Å². The van der Waals surface area contributed by atoms with E-state index < -0.39 is 0 Å². The van der Waals surface area contributed by atoms with Crippen molar-refractivity contribution >= 4 is 5.91 Å². The highest BCUT2D eigenvalue weighted by Crippen LogP contribution is 2.43. The van der Waals surface area contributed by atoms with E-state index in [1.165, 1.54) is 11.1 Å². The van der Waals surface area contributed by atoms with Crippen molar-refractivity contribution < 1.29 is 4.79 Å². The van der Waals surface area contributed by atoms with Crippen LogP contribution >= 0.6 is 0 Å². The fraction of sp³-hybridized carbons (Fsp3) is 0.533. The Balaban J connectivity index is 2.27.